The Hall–Kier alpha value is -3.60. The van der Waals surface area contributed by atoms with Gasteiger partial charge in [-0.05, 0) is 42.0 Å². The van der Waals surface area contributed by atoms with Crippen molar-refractivity contribution in [1.29, 1.82) is 0 Å². The lowest BCUT2D eigenvalue weighted by molar-refractivity contribution is 0.628. The molecule has 132 valence electrons. The molecule has 0 saturated heterocycles. The molecule has 0 aliphatic rings. The summed E-state index contributed by atoms with van der Waals surface area (Å²) in [7, 11) is 0. The third-order valence-electron chi connectivity index (χ3n) is 4.10. The molecule has 4 nitrogen and oxygen atoms in total. The predicted molar refractivity (Wildman–Crippen MR) is 104 cm³/mol. The standard InChI is InChI=1S/C22H17FN4/c23-19-10-8-17(9-11-19)20-13-21(25-14-16-5-2-1-3-6-16)27-22(26-20)18-7-4-12-24-15-18/h1-13,15H,14H2,(H,25,26,27). The normalized spacial score (nSPS) is 10.6. The summed E-state index contributed by atoms with van der Waals surface area (Å²) >= 11 is 0. The Morgan fingerprint density at radius 3 is 2.37 bits per heavy atom. The number of rotatable bonds is 5. The van der Waals surface area contributed by atoms with Crippen LogP contribution in [-0.4, -0.2) is 15.0 Å². The van der Waals surface area contributed by atoms with Gasteiger partial charge in [-0.25, -0.2) is 14.4 Å². The van der Waals surface area contributed by atoms with Crippen molar-refractivity contribution < 1.29 is 4.39 Å². The van der Waals surface area contributed by atoms with E-state index in [1.54, 1.807) is 24.5 Å². The third kappa shape index (κ3) is 4.15. The molecule has 5 heteroatoms. The van der Waals surface area contributed by atoms with Crippen LogP contribution in [0.4, 0.5) is 10.2 Å². The van der Waals surface area contributed by atoms with Gasteiger partial charge >= 0.3 is 0 Å². The maximum atomic E-state index is 13.3. The number of nitrogens with zero attached hydrogens (tertiary/aromatic N) is 3. The molecule has 0 unspecified atom stereocenters. The minimum absolute atomic E-state index is 0.275. The Balaban J connectivity index is 1.71. The third-order valence-corrected chi connectivity index (χ3v) is 4.10. The molecule has 2 heterocycles. The molecule has 2 aromatic carbocycles. The Bertz CT molecular complexity index is 1020. The predicted octanol–water partition coefficient (Wildman–Crippen LogP) is 4.96. The molecule has 0 radical (unpaired) electrons. The zero-order valence-electron chi connectivity index (χ0n) is 14.5. The summed E-state index contributed by atoms with van der Waals surface area (Å²) in [6.07, 6.45) is 3.44. The topological polar surface area (TPSA) is 50.7 Å². The van der Waals surface area contributed by atoms with Crippen molar-refractivity contribution >= 4 is 5.82 Å². The van der Waals surface area contributed by atoms with E-state index in [1.165, 1.54) is 12.1 Å². The minimum Gasteiger partial charge on any atom is -0.366 e. The number of halogens is 1. The molecule has 0 saturated carbocycles. The van der Waals surface area contributed by atoms with Gasteiger partial charge in [0.25, 0.3) is 0 Å². The average Bonchev–Trinajstić information content (AvgIpc) is 2.74. The monoisotopic (exact) mass is 356 g/mol. The average molecular weight is 356 g/mol. The van der Waals surface area contributed by atoms with Gasteiger partial charge in [0.05, 0.1) is 5.69 Å². The number of nitrogens with one attached hydrogen (secondary N) is 1. The molecule has 0 aliphatic heterocycles. The van der Waals surface area contributed by atoms with E-state index < -0.39 is 0 Å². The summed E-state index contributed by atoms with van der Waals surface area (Å²) in [4.78, 5) is 13.4. The largest absolute Gasteiger partial charge is 0.366 e. The zero-order chi connectivity index (χ0) is 18.5. The Morgan fingerprint density at radius 2 is 1.63 bits per heavy atom. The van der Waals surface area contributed by atoms with Gasteiger partial charge in [0, 0.05) is 36.1 Å². The van der Waals surface area contributed by atoms with Crippen LogP contribution in [0.15, 0.2) is 85.2 Å². The van der Waals surface area contributed by atoms with Gasteiger partial charge in [-0.1, -0.05) is 30.3 Å². The fourth-order valence-electron chi connectivity index (χ4n) is 2.72. The Morgan fingerprint density at radius 1 is 0.815 bits per heavy atom. The molecule has 0 spiro atoms. The van der Waals surface area contributed by atoms with Crippen molar-refractivity contribution in [2.45, 2.75) is 6.54 Å². The first-order valence-electron chi connectivity index (χ1n) is 8.61. The molecule has 27 heavy (non-hydrogen) atoms. The van der Waals surface area contributed by atoms with Crippen molar-refractivity contribution in [3.05, 3.63) is 96.6 Å². The number of hydrogen-bond donors (Lipinski definition) is 1. The first-order chi connectivity index (χ1) is 13.3. The van der Waals surface area contributed by atoms with E-state index in [1.807, 2.05) is 36.4 Å². The first kappa shape index (κ1) is 16.8. The molecule has 2 aromatic heterocycles. The SMILES string of the molecule is Fc1ccc(-c2cc(NCc3ccccc3)nc(-c3cccnc3)n2)cc1. The van der Waals surface area contributed by atoms with Gasteiger partial charge in [0.1, 0.15) is 11.6 Å². The van der Waals surface area contributed by atoms with Gasteiger partial charge in [-0.3, -0.25) is 4.98 Å². The second kappa shape index (κ2) is 7.74. The van der Waals surface area contributed by atoms with Crippen molar-refractivity contribution in [3.8, 4) is 22.6 Å². The van der Waals surface area contributed by atoms with Crippen LogP contribution >= 0.6 is 0 Å². The highest BCUT2D eigenvalue weighted by atomic mass is 19.1. The molecule has 1 N–H and O–H groups in total. The maximum Gasteiger partial charge on any atom is 0.163 e. The lowest BCUT2D eigenvalue weighted by Gasteiger charge is -2.10. The van der Waals surface area contributed by atoms with Crippen molar-refractivity contribution in [3.63, 3.8) is 0 Å². The Kier molecular flexibility index (Phi) is 4.83. The van der Waals surface area contributed by atoms with Gasteiger partial charge in [-0.15, -0.1) is 0 Å². The number of hydrogen-bond acceptors (Lipinski definition) is 4. The molecule has 0 atom stereocenters. The molecule has 4 rings (SSSR count). The summed E-state index contributed by atoms with van der Waals surface area (Å²) in [5.41, 5.74) is 3.53. The van der Waals surface area contributed by atoms with Gasteiger partial charge in [-0.2, -0.15) is 0 Å². The van der Waals surface area contributed by atoms with E-state index in [0.29, 0.717) is 18.2 Å². The number of benzene rings is 2. The van der Waals surface area contributed by atoms with E-state index in [-0.39, 0.29) is 5.82 Å². The molecular weight excluding hydrogens is 339 g/mol. The van der Waals surface area contributed by atoms with Gasteiger partial charge in [0.2, 0.25) is 0 Å². The van der Waals surface area contributed by atoms with E-state index in [0.717, 1.165) is 22.4 Å². The van der Waals surface area contributed by atoms with E-state index >= 15 is 0 Å². The van der Waals surface area contributed by atoms with Crippen molar-refractivity contribution in [1.82, 2.24) is 15.0 Å². The number of pyridine rings is 1. The van der Waals surface area contributed by atoms with E-state index in [4.69, 9.17) is 0 Å². The Labute approximate surface area is 156 Å². The fraction of sp³-hybridized carbons (Fsp3) is 0.0455. The van der Waals surface area contributed by atoms with Crippen LogP contribution in [0, 0.1) is 5.82 Å². The molecular formula is C22H17FN4. The first-order valence-corrected chi connectivity index (χ1v) is 8.61. The smallest absolute Gasteiger partial charge is 0.163 e. The highest BCUT2D eigenvalue weighted by Crippen LogP contribution is 2.24. The second-order valence-electron chi connectivity index (χ2n) is 6.05. The van der Waals surface area contributed by atoms with Crippen LogP contribution in [0.1, 0.15) is 5.56 Å². The maximum absolute atomic E-state index is 13.3. The highest BCUT2D eigenvalue weighted by Gasteiger charge is 2.09. The zero-order valence-corrected chi connectivity index (χ0v) is 14.5. The number of anilines is 1. The summed E-state index contributed by atoms with van der Waals surface area (Å²) in [6, 6.07) is 22.0. The van der Waals surface area contributed by atoms with E-state index in [9.17, 15) is 4.39 Å². The molecule has 0 bridgehead atoms. The minimum atomic E-state index is -0.275. The van der Waals surface area contributed by atoms with Crippen LogP contribution < -0.4 is 5.32 Å². The van der Waals surface area contributed by atoms with Crippen LogP contribution in [0.25, 0.3) is 22.6 Å². The van der Waals surface area contributed by atoms with Crippen molar-refractivity contribution in [2.75, 3.05) is 5.32 Å². The van der Waals surface area contributed by atoms with Crippen LogP contribution in [0.2, 0.25) is 0 Å². The summed E-state index contributed by atoms with van der Waals surface area (Å²) in [5.74, 6) is 0.996. The lowest BCUT2D eigenvalue weighted by Crippen LogP contribution is -2.04. The fourth-order valence-corrected chi connectivity index (χ4v) is 2.72. The van der Waals surface area contributed by atoms with Crippen molar-refractivity contribution in [2.24, 2.45) is 0 Å². The molecule has 0 amide bonds. The molecule has 0 fully saturated rings. The van der Waals surface area contributed by atoms with Gasteiger partial charge in [0.15, 0.2) is 5.82 Å². The summed E-state index contributed by atoms with van der Waals surface area (Å²) in [6.45, 7) is 0.646. The van der Waals surface area contributed by atoms with Crippen LogP contribution in [-0.2, 0) is 6.54 Å². The highest BCUT2D eigenvalue weighted by molar-refractivity contribution is 5.67. The summed E-state index contributed by atoms with van der Waals surface area (Å²) < 4.78 is 13.3. The quantitative estimate of drug-likeness (QED) is 0.549. The summed E-state index contributed by atoms with van der Waals surface area (Å²) in [5, 5.41) is 3.35. The van der Waals surface area contributed by atoms with Crippen LogP contribution in [0.5, 0.6) is 0 Å². The molecule has 0 aliphatic carbocycles. The molecule has 4 aromatic rings. The van der Waals surface area contributed by atoms with Gasteiger partial charge < -0.3 is 5.32 Å². The second-order valence-corrected chi connectivity index (χ2v) is 6.05. The van der Waals surface area contributed by atoms with Crippen LogP contribution in [0.3, 0.4) is 0 Å². The van der Waals surface area contributed by atoms with E-state index in [2.05, 4.69) is 32.4 Å². The number of aromatic nitrogens is 3. The lowest BCUT2D eigenvalue weighted by atomic mass is 10.1.